The van der Waals surface area contributed by atoms with Gasteiger partial charge in [0.05, 0.1) is 11.4 Å². The number of nitrogens with zero attached hydrogens (tertiary/aromatic N) is 1. The minimum absolute atomic E-state index is 0.856. The molecule has 0 fully saturated rings. The lowest BCUT2D eigenvalue weighted by molar-refractivity contribution is 1.31. The Morgan fingerprint density at radius 3 is 2.22 bits per heavy atom. The van der Waals surface area contributed by atoms with Crippen molar-refractivity contribution in [2.45, 2.75) is 23.6 Å². The molecule has 2 rings (SSSR count). The molecule has 0 atom stereocenters. The lowest BCUT2D eigenvalue weighted by Crippen LogP contribution is -2.00. The number of thioether (sulfide) groups is 2. The molecule has 2 aromatic carbocycles. The zero-order valence-corrected chi connectivity index (χ0v) is 19.1. The standard InChI is InChI=1S/C21H26N2S4/c1-16(22-18-7-3-5-9-20(18)26-13-11-24)15-17(2)23-19-8-4-6-10-21(19)27-14-12-25/h3-10,15,22,24-25H,11-14H2,1-2H3/b16-15-,23-17+. The summed E-state index contributed by atoms with van der Waals surface area (Å²) in [6, 6.07) is 16.6. The molecule has 0 radical (unpaired) electrons. The summed E-state index contributed by atoms with van der Waals surface area (Å²) in [6.45, 7) is 4.10. The number of hydrogen-bond donors (Lipinski definition) is 3. The van der Waals surface area contributed by atoms with Gasteiger partial charge < -0.3 is 5.32 Å². The maximum absolute atomic E-state index is 4.80. The molecular formula is C21H26N2S4. The van der Waals surface area contributed by atoms with Gasteiger partial charge in [-0.2, -0.15) is 25.3 Å². The van der Waals surface area contributed by atoms with Gasteiger partial charge in [0.2, 0.25) is 0 Å². The third-order valence-electron chi connectivity index (χ3n) is 3.50. The van der Waals surface area contributed by atoms with Crippen LogP contribution in [0.5, 0.6) is 0 Å². The third-order valence-corrected chi connectivity index (χ3v) is 6.70. The fourth-order valence-corrected chi connectivity index (χ4v) is 4.52. The van der Waals surface area contributed by atoms with Crippen LogP contribution in [0.25, 0.3) is 0 Å². The molecule has 0 aliphatic carbocycles. The molecule has 0 heterocycles. The molecule has 0 amide bonds. The van der Waals surface area contributed by atoms with Gasteiger partial charge in [0.15, 0.2) is 0 Å². The minimum Gasteiger partial charge on any atom is -0.358 e. The molecule has 2 aromatic rings. The molecular weight excluding hydrogens is 409 g/mol. The monoisotopic (exact) mass is 434 g/mol. The van der Waals surface area contributed by atoms with Crippen molar-refractivity contribution in [2.75, 3.05) is 28.3 Å². The second kappa shape index (κ2) is 12.5. The second-order valence-electron chi connectivity index (χ2n) is 5.81. The van der Waals surface area contributed by atoms with Crippen molar-refractivity contribution < 1.29 is 0 Å². The van der Waals surface area contributed by atoms with Crippen LogP contribution in [-0.2, 0) is 0 Å². The number of para-hydroxylation sites is 2. The van der Waals surface area contributed by atoms with Gasteiger partial charge in [-0.15, -0.1) is 23.5 Å². The summed E-state index contributed by atoms with van der Waals surface area (Å²) < 4.78 is 0. The summed E-state index contributed by atoms with van der Waals surface area (Å²) in [5.41, 5.74) is 4.17. The second-order valence-corrected chi connectivity index (χ2v) is 8.98. The summed E-state index contributed by atoms with van der Waals surface area (Å²) in [7, 11) is 0. The van der Waals surface area contributed by atoms with Crippen molar-refractivity contribution >= 4 is 65.9 Å². The highest BCUT2D eigenvalue weighted by molar-refractivity contribution is 8.00. The summed E-state index contributed by atoms with van der Waals surface area (Å²) >= 11 is 12.2. The topological polar surface area (TPSA) is 24.4 Å². The molecule has 2 nitrogen and oxygen atoms in total. The SMILES string of the molecule is C/C(=C/C(C)=N/c1ccccc1SCCS)Nc1ccccc1SCCS. The molecule has 6 heteroatoms. The van der Waals surface area contributed by atoms with Gasteiger partial charge in [-0.3, -0.25) is 4.99 Å². The van der Waals surface area contributed by atoms with Crippen LogP contribution in [0, 0.1) is 0 Å². The normalized spacial score (nSPS) is 12.3. The van der Waals surface area contributed by atoms with E-state index in [-0.39, 0.29) is 0 Å². The van der Waals surface area contributed by atoms with Crippen molar-refractivity contribution in [3.8, 4) is 0 Å². The van der Waals surface area contributed by atoms with Gasteiger partial charge >= 0.3 is 0 Å². The number of nitrogens with one attached hydrogen (secondary N) is 1. The van der Waals surface area contributed by atoms with Crippen molar-refractivity contribution in [1.29, 1.82) is 0 Å². The first kappa shape index (κ1) is 22.3. The van der Waals surface area contributed by atoms with Crippen molar-refractivity contribution in [1.82, 2.24) is 0 Å². The van der Waals surface area contributed by atoms with Crippen LogP contribution >= 0.6 is 48.8 Å². The van der Waals surface area contributed by atoms with Crippen LogP contribution < -0.4 is 5.32 Å². The fraction of sp³-hybridized carbons (Fsp3) is 0.286. The summed E-state index contributed by atoms with van der Waals surface area (Å²) in [4.78, 5) is 7.24. The van der Waals surface area contributed by atoms with Gasteiger partial charge in [0, 0.05) is 32.7 Å². The zero-order chi connectivity index (χ0) is 19.5. The lowest BCUT2D eigenvalue weighted by atomic mass is 10.2. The smallest absolute Gasteiger partial charge is 0.0768 e. The van der Waals surface area contributed by atoms with Crippen molar-refractivity contribution in [3.05, 3.63) is 60.3 Å². The molecule has 0 unspecified atom stereocenters. The Morgan fingerprint density at radius 2 is 1.52 bits per heavy atom. The van der Waals surface area contributed by atoms with E-state index in [1.165, 1.54) is 9.79 Å². The first-order valence-electron chi connectivity index (χ1n) is 8.80. The van der Waals surface area contributed by atoms with Crippen LogP contribution in [0.1, 0.15) is 13.8 Å². The first-order chi connectivity index (χ1) is 13.1. The zero-order valence-electron chi connectivity index (χ0n) is 15.7. The predicted octanol–water partition coefficient (Wildman–Crippen LogP) is 6.84. The fourth-order valence-electron chi connectivity index (χ4n) is 2.46. The van der Waals surface area contributed by atoms with E-state index in [0.717, 1.165) is 45.8 Å². The number of allylic oxidation sites excluding steroid dienone is 2. The van der Waals surface area contributed by atoms with Crippen molar-refractivity contribution in [3.63, 3.8) is 0 Å². The van der Waals surface area contributed by atoms with E-state index in [0.29, 0.717) is 0 Å². The Hall–Kier alpha value is -0.950. The first-order valence-corrected chi connectivity index (χ1v) is 12.0. The molecule has 0 aliphatic rings. The largest absolute Gasteiger partial charge is 0.358 e. The number of anilines is 1. The van der Waals surface area contributed by atoms with Crippen LogP contribution in [0.3, 0.4) is 0 Å². The lowest BCUT2D eigenvalue weighted by Gasteiger charge is -2.12. The molecule has 0 saturated heterocycles. The molecule has 1 N–H and O–H groups in total. The maximum atomic E-state index is 4.80. The molecule has 0 aromatic heterocycles. The highest BCUT2D eigenvalue weighted by Gasteiger charge is 2.04. The van der Waals surface area contributed by atoms with E-state index in [9.17, 15) is 0 Å². The van der Waals surface area contributed by atoms with Crippen molar-refractivity contribution in [2.24, 2.45) is 4.99 Å². The van der Waals surface area contributed by atoms with Gasteiger partial charge in [0.1, 0.15) is 0 Å². The predicted molar refractivity (Wildman–Crippen MR) is 132 cm³/mol. The number of rotatable bonds is 10. The number of benzene rings is 2. The molecule has 0 aliphatic heterocycles. The van der Waals surface area contributed by atoms with Crippen LogP contribution in [0.2, 0.25) is 0 Å². The van der Waals surface area contributed by atoms with Crippen LogP contribution in [0.15, 0.2) is 75.1 Å². The van der Waals surface area contributed by atoms with E-state index >= 15 is 0 Å². The quantitative estimate of drug-likeness (QED) is 0.217. The summed E-state index contributed by atoms with van der Waals surface area (Å²) in [5.74, 6) is 3.69. The molecule has 0 spiro atoms. The Labute approximate surface area is 182 Å². The molecule has 0 bridgehead atoms. The Morgan fingerprint density at radius 1 is 0.926 bits per heavy atom. The maximum Gasteiger partial charge on any atom is 0.0768 e. The van der Waals surface area contributed by atoms with Gasteiger partial charge in [0.25, 0.3) is 0 Å². The van der Waals surface area contributed by atoms with E-state index in [4.69, 9.17) is 4.99 Å². The Kier molecular flexibility index (Phi) is 10.3. The Balaban J connectivity index is 2.13. The number of hydrogen-bond acceptors (Lipinski definition) is 6. The molecule has 0 saturated carbocycles. The van der Waals surface area contributed by atoms with Gasteiger partial charge in [-0.05, 0) is 55.7 Å². The van der Waals surface area contributed by atoms with E-state index in [2.05, 4.69) is 86.0 Å². The number of aliphatic imine (C=N–C) groups is 1. The third kappa shape index (κ3) is 7.90. The van der Waals surface area contributed by atoms with Gasteiger partial charge in [-0.1, -0.05) is 24.3 Å². The number of thiol groups is 2. The summed E-state index contributed by atoms with van der Waals surface area (Å²) in [6.07, 6.45) is 2.08. The highest BCUT2D eigenvalue weighted by Crippen LogP contribution is 2.30. The van der Waals surface area contributed by atoms with Crippen LogP contribution in [-0.4, -0.2) is 28.7 Å². The average molecular weight is 435 g/mol. The molecule has 144 valence electrons. The minimum atomic E-state index is 0.856. The summed E-state index contributed by atoms with van der Waals surface area (Å²) in [5, 5.41) is 3.50. The van der Waals surface area contributed by atoms with E-state index in [1.54, 1.807) is 11.8 Å². The van der Waals surface area contributed by atoms with Gasteiger partial charge in [-0.25, -0.2) is 0 Å². The van der Waals surface area contributed by atoms with E-state index < -0.39 is 0 Å². The molecule has 27 heavy (non-hydrogen) atoms. The van der Waals surface area contributed by atoms with E-state index in [1.807, 2.05) is 24.8 Å². The van der Waals surface area contributed by atoms with Crippen LogP contribution in [0.4, 0.5) is 11.4 Å². The highest BCUT2D eigenvalue weighted by atomic mass is 32.2. The average Bonchev–Trinajstić information content (AvgIpc) is 2.66. The Bertz CT molecular complexity index is 787.